The number of hydrogen-bond donors (Lipinski definition) is 1. The Morgan fingerprint density at radius 3 is 2.34 bits per heavy atom. The number of nitrogens with zero attached hydrogens (tertiary/aromatic N) is 2. The van der Waals surface area contributed by atoms with Gasteiger partial charge in [-0.05, 0) is 30.3 Å². The van der Waals surface area contributed by atoms with Gasteiger partial charge in [0.15, 0.2) is 0 Å². The number of carbonyl (C=O) groups excluding carboxylic acids is 1. The fraction of sp³-hybridized carbons (Fsp3) is 0.154. The molecule has 1 amide bonds. The Morgan fingerprint density at radius 2 is 1.66 bits per heavy atom. The van der Waals surface area contributed by atoms with Crippen molar-refractivity contribution in [3.05, 3.63) is 90.0 Å². The number of aromatic nitrogens is 2. The van der Waals surface area contributed by atoms with Crippen molar-refractivity contribution in [2.45, 2.75) is 12.3 Å². The molecule has 1 aliphatic rings. The highest BCUT2D eigenvalue weighted by Crippen LogP contribution is 2.46. The molecule has 0 spiro atoms. The Bertz CT molecular complexity index is 1270. The van der Waals surface area contributed by atoms with E-state index in [0.717, 1.165) is 28.1 Å². The molecule has 6 heteroatoms. The first-order chi connectivity index (χ1) is 15.7. The molecule has 0 bridgehead atoms. The molecule has 1 N–H and O–H groups in total. The number of nitrogens with one attached hydrogen (secondary N) is 1. The second-order valence-electron chi connectivity index (χ2n) is 7.64. The third-order valence-electron chi connectivity index (χ3n) is 5.78. The summed E-state index contributed by atoms with van der Waals surface area (Å²) >= 11 is 0. The van der Waals surface area contributed by atoms with E-state index in [9.17, 15) is 4.79 Å². The van der Waals surface area contributed by atoms with Crippen LogP contribution in [0.15, 0.2) is 78.9 Å². The maximum atomic E-state index is 12.9. The van der Waals surface area contributed by atoms with Crippen LogP contribution in [0.4, 0.5) is 5.82 Å². The topological polar surface area (TPSA) is 65.4 Å². The summed E-state index contributed by atoms with van der Waals surface area (Å²) in [5.74, 6) is 1.80. The first-order valence-electron chi connectivity index (χ1n) is 10.4. The van der Waals surface area contributed by atoms with Gasteiger partial charge in [-0.1, -0.05) is 48.5 Å². The van der Waals surface area contributed by atoms with Crippen molar-refractivity contribution in [1.29, 1.82) is 0 Å². The van der Waals surface area contributed by atoms with Gasteiger partial charge in [0, 0.05) is 29.0 Å². The van der Waals surface area contributed by atoms with E-state index in [4.69, 9.17) is 14.6 Å². The number of fused-ring (bicyclic) bond motifs is 1. The molecule has 5 rings (SSSR count). The molecule has 160 valence electrons. The monoisotopic (exact) mass is 425 g/mol. The summed E-state index contributed by atoms with van der Waals surface area (Å²) in [4.78, 5) is 12.9. The van der Waals surface area contributed by atoms with Gasteiger partial charge in [-0.2, -0.15) is 5.10 Å². The van der Waals surface area contributed by atoms with Crippen LogP contribution >= 0.6 is 0 Å². The summed E-state index contributed by atoms with van der Waals surface area (Å²) in [6.45, 7) is 0. The standard InChI is InChI=1S/C26H23N3O3/c1-31-19-13-14-22(32-2)20(15-19)21-16-23(30)27-26-24(21)25(17-9-5-3-6-10-17)28-29(26)18-11-7-4-8-12-18/h3-15,21H,16H2,1-2H3,(H,27,30)/t21-/m0/s1. The Kier molecular flexibility index (Phi) is 5.11. The first kappa shape index (κ1) is 19.9. The molecule has 0 unspecified atom stereocenters. The zero-order valence-corrected chi connectivity index (χ0v) is 17.9. The van der Waals surface area contributed by atoms with Gasteiger partial charge in [-0.25, -0.2) is 4.68 Å². The third-order valence-corrected chi connectivity index (χ3v) is 5.78. The van der Waals surface area contributed by atoms with Gasteiger partial charge in [0.2, 0.25) is 5.91 Å². The first-order valence-corrected chi connectivity index (χ1v) is 10.4. The zero-order valence-electron chi connectivity index (χ0n) is 17.9. The van der Waals surface area contributed by atoms with Gasteiger partial charge >= 0.3 is 0 Å². The van der Waals surface area contributed by atoms with Crippen molar-refractivity contribution in [3.63, 3.8) is 0 Å². The average molecular weight is 425 g/mol. The normalized spacial score (nSPS) is 15.1. The Hall–Kier alpha value is -4.06. The molecule has 0 fully saturated rings. The average Bonchev–Trinajstić information content (AvgIpc) is 3.23. The summed E-state index contributed by atoms with van der Waals surface area (Å²) in [5.41, 5.74) is 4.56. The highest BCUT2D eigenvalue weighted by Gasteiger charge is 2.36. The van der Waals surface area contributed by atoms with Gasteiger partial charge in [0.1, 0.15) is 17.3 Å². The number of rotatable bonds is 5. The molecule has 4 aromatic rings. The molecule has 0 saturated carbocycles. The zero-order chi connectivity index (χ0) is 22.1. The van der Waals surface area contributed by atoms with Crippen LogP contribution in [-0.2, 0) is 4.79 Å². The molecular weight excluding hydrogens is 402 g/mol. The minimum absolute atomic E-state index is 0.0657. The number of anilines is 1. The van der Waals surface area contributed by atoms with Crippen molar-refractivity contribution in [2.24, 2.45) is 0 Å². The summed E-state index contributed by atoms with van der Waals surface area (Å²) in [6.07, 6.45) is 0.289. The van der Waals surface area contributed by atoms with Crippen molar-refractivity contribution in [2.75, 3.05) is 19.5 Å². The maximum Gasteiger partial charge on any atom is 0.226 e. The van der Waals surface area contributed by atoms with Crippen molar-refractivity contribution < 1.29 is 14.3 Å². The predicted octanol–water partition coefficient (Wildman–Crippen LogP) is 5.03. The molecule has 1 aromatic heterocycles. The molecule has 0 radical (unpaired) electrons. The minimum Gasteiger partial charge on any atom is -0.497 e. The molecule has 2 heterocycles. The van der Waals surface area contributed by atoms with Gasteiger partial charge in [0.05, 0.1) is 25.6 Å². The smallest absolute Gasteiger partial charge is 0.226 e. The second kappa shape index (κ2) is 8.23. The van der Waals surface area contributed by atoms with Gasteiger partial charge in [-0.3, -0.25) is 4.79 Å². The van der Waals surface area contributed by atoms with Gasteiger partial charge in [-0.15, -0.1) is 0 Å². The molecule has 1 atom stereocenters. The van der Waals surface area contributed by atoms with E-state index in [1.165, 1.54) is 0 Å². The number of benzene rings is 3. The number of para-hydroxylation sites is 1. The number of hydrogen-bond acceptors (Lipinski definition) is 4. The number of methoxy groups -OCH3 is 2. The van der Waals surface area contributed by atoms with Crippen LogP contribution in [0.5, 0.6) is 11.5 Å². The molecule has 0 aliphatic carbocycles. The lowest BCUT2D eigenvalue weighted by atomic mass is 9.83. The van der Waals surface area contributed by atoms with E-state index in [1.54, 1.807) is 14.2 Å². The second-order valence-corrected chi connectivity index (χ2v) is 7.64. The number of carbonyl (C=O) groups is 1. The summed E-state index contributed by atoms with van der Waals surface area (Å²) in [5, 5.41) is 8.04. The lowest BCUT2D eigenvalue weighted by Gasteiger charge is -2.26. The largest absolute Gasteiger partial charge is 0.497 e. The predicted molar refractivity (Wildman–Crippen MR) is 124 cm³/mol. The van der Waals surface area contributed by atoms with Gasteiger partial charge in [0.25, 0.3) is 0 Å². The molecule has 32 heavy (non-hydrogen) atoms. The van der Waals surface area contributed by atoms with Crippen molar-refractivity contribution in [1.82, 2.24) is 9.78 Å². The van der Waals surface area contributed by atoms with E-state index in [1.807, 2.05) is 83.5 Å². The van der Waals surface area contributed by atoms with Crippen LogP contribution < -0.4 is 14.8 Å². The summed E-state index contributed by atoms with van der Waals surface area (Å²) in [6, 6.07) is 25.5. The molecule has 1 aliphatic heterocycles. The summed E-state index contributed by atoms with van der Waals surface area (Å²) in [7, 11) is 3.27. The van der Waals surface area contributed by atoms with Crippen LogP contribution in [0.25, 0.3) is 16.9 Å². The van der Waals surface area contributed by atoms with Crippen molar-refractivity contribution in [3.8, 4) is 28.4 Å². The van der Waals surface area contributed by atoms with Crippen LogP contribution in [0.2, 0.25) is 0 Å². The van der Waals surface area contributed by atoms with E-state index in [0.29, 0.717) is 17.3 Å². The summed E-state index contributed by atoms with van der Waals surface area (Å²) < 4.78 is 13.0. The van der Waals surface area contributed by atoms with Crippen LogP contribution in [0, 0.1) is 0 Å². The Labute approximate surface area is 186 Å². The lowest BCUT2D eigenvalue weighted by molar-refractivity contribution is -0.116. The quantitative estimate of drug-likeness (QED) is 0.487. The Morgan fingerprint density at radius 1 is 0.938 bits per heavy atom. The minimum atomic E-state index is -0.239. The fourth-order valence-corrected chi connectivity index (χ4v) is 4.29. The van der Waals surface area contributed by atoms with Crippen LogP contribution in [0.1, 0.15) is 23.5 Å². The highest BCUT2D eigenvalue weighted by atomic mass is 16.5. The van der Waals surface area contributed by atoms with Crippen LogP contribution in [-0.4, -0.2) is 29.9 Å². The SMILES string of the molecule is COc1ccc(OC)c([C@@H]2CC(=O)Nc3c2c(-c2ccccc2)nn3-c2ccccc2)c1. The van der Waals surface area contributed by atoms with E-state index >= 15 is 0 Å². The van der Waals surface area contributed by atoms with E-state index in [-0.39, 0.29) is 18.2 Å². The van der Waals surface area contributed by atoms with Crippen LogP contribution in [0.3, 0.4) is 0 Å². The third kappa shape index (κ3) is 3.39. The number of ether oxygens (including phenoxy) is 2. The molecular formula is C26H23N3O3. The highest BCUT2D eigenvalue weighted by molar-refractivity contribution is 5.97. The van der Waals surface area contributed by atoms with Crippen molar-refractivity contribution >= 4 is 11.7 Å². The maximum absolute atomic E-state index is 12.9. The number of amides is 1. The lowest BCUT2D eigenvalue weighted by Crippen LogP contribution is -2.25. The van der Waals surface area contributed by atoms with Gasteiger partial charge < -0.3 is 14.8 Å². The van der Waals surface area contributed by atoms with E-state index in [2.05, 4.69) is 5.32 Å². The Balaban J connectivity index is 1.79. The molecule has 0 saturated heterocycles. The molecule has 6 nitrogen and oxygen atoms in total. The van der Waals surface area contributed by atoms with E-state index < -0.39 is 0 Å². The fourth-order valence-electron chi connectivity index (χ4n) is 4.29. The molecule has 3 aromatic carbocycles.